The van der Waals surface area contributed by atoms with Gasteiger partial charge in [0.15, 0.2) is 15.5 Å². The van der Waals surface area contributed by atoms with Gasteiger partial charge in [0, 0.05) is 18.1 Å². The standard InChI is InChI=1S/C15H18N2O4S2/c1-3-4-10-8-13(17-21-10)14(18)16-12-7-9(2)23(19,20)15-11(12)5-6-22-15/h5-6,8-9,12H,3-4,7H2,1-2H3,(H,16,18)/t9-,12-/m0/s1. The fourth-order valence-corrected chi connectivity index (χ4v) is 5.95. The first kappa shape index (κ1) is 16.2. The predicted molar refractivity (Wildman–Crippen MR) is 86.3 cm³/mol. The quantitative estimate of drug-likeness (QED) is 0.912. The van der Waals surface area contributed by atoms with E-state index < -0.39 is 15.1 Å². The summed E-state index contributed by atoms with van der Waals surface area (Å²) in [4.78, 5) is 12.4. The van der Waals surface area contributed by atoms with E-state index in [9.17, 15) is 13.2 Å². The molecular formula is C15H18N2O4S2. The molecule has 0 fully saturated rings. The van der Waals surface area contributed by atoms with Crippen LogP contribution >= 0.6 is 11.3 Å². The Kier molecular flexibility index (Phi) is 4.29. The van der Waals surface area contributed by atoms with Crippen LogP contribution in [0.25, 0.3) is 0 Å². The molecule has 3 rings (SSSR count). The molecule has 8 heteroatoms. The molecule has 0 spiro atoms. The number of nitrogens with zero attached hydrogens (tertiary/aromatic N) is 1. The van der Waals surface area contributed by atoms with Crippen molar-refractivity contribution in [2.45, 2.75) is 48.6 Å². The molecule has 0 radical (unpaired) electrons. The van der Waals surface area contributed by atoms with Gasteiger partial charge in [-0.25, -0.2) is 8.42 Å². The van der Waals surface area contributed by atoms with E-state index in [1.165, 1.54) is 11.3 Å². The van der Waals surface area contributed by atoms with Crippen molar-refractivity contribution >= 4 is 27.1 Å². The Bertz CT molecular complexity index is 822. The molecule has 0 saturated heterocycles. The highest BCUT2D eigenvalue weighted by molar-refractivity contribution is 7.94. The Morgan fingerprint density at radius 1 is 1.52 bits per heavy atom. The van der Waals surface area contributed by atoms with Gasteiger partial charge in [0.1, 0.15) is 9.97 Å². The minimum atomic E-state index is -3.28. The summed E-state index contributed by atoms with van der Waals surface area (Å²) in [5.74, 6) is 0.332. The molecule has 23 heavy (non-hydrogen) atoms. The SMILES string of the molecule is CCCc1cc(C(=O)N[C@H]2C[C@H](C)S(=O)(=O)c3sccc32)no1. The van der Waals surface area contributed by atoms with Crippen molar-refractivity contribution in [2.24, 2.45) is 0 Å². The number of carbonyl (C=O) groups excluding carboxylic acids is 1. The zero-order chi connectivity index (χ0) is 16.6. The number of amides is 1. The third-order valence-corrected chi connectivity index (χ3v) is 7.69. The van der Waals surface area contributed by atoms with E-state index >= 15 is 0 Å². The van der Waals surface area contributed by atoms with Gasteiger partial charge in [0.2, 0.25) is 0 Å². The number of aryl methyl sites for hydroxylation is 1. The molecule has 1 N–H and O–H groups in total. The average molecular weight is 354 g/mol. The lowest BCUT2D eigenvalue weighted by atomic mass is 10.0. The number of sulfone groups is 1. The van der Waals surface area contributed by atoms with Gasteiger partial charge in [-0.15, -0.1) is 11.3 Å². The second kappa shape index (κ2) is 6.09. The Morgan fingerprint density at radius 3 is 3.04 bits per heavy atom. The lowest BCUT2D eigenvalue weighted by Gasteiger charge is -2.27. The van der Waals surface area contributed by atoms with E-state index in [1.807, 2.05) is 6.92 Å². The van der Waals surface area contributed by atoms with Crippen molar-refractivity contribution in [2.75, 3.05) is 0 Å². The molecule has 1 aliphatic heterocycles. The van der Waals surface area contributed by atoms with Crippen LogP contribution < -0.4 is 5.32 Å². The Morgan fingerprint density at radius 2 is 2.30 bits per heavy atom. The number of nitrogens with one attached hydrogen (secondary N) is 1. The molecular weight excluding hydrogens is 336 g/mol. The number of hydrogen-bond donors (Lipinski definition) is 1. The highest BCUT2D eigenvalue weighted by atomic mass is 32.2. The maximum absolute atomic E-state index is 12.4. The maximum Gasteiger partial charge on any atom is 0.273 e. The summed E-state index contributed by atoms with van der Waals surface area (Å²) in [7, 11) is -3.28. The van der Waals surface area contributed by atoms with Crippen molar-refractivity contribution in [3.8, 4) is 0 Å². The fourth-order valence-electron chi connectivity index (χ4n) is 2.72. The molecule has 1 amide bonds. The summed E-state index contributed by atoms with van der Waals surface area (Å²) < 4.78 is 30.1. The summed E-state index contributed by atoms with van der Waals surface area (Å²) in [6, 6.07) is 3.07. The van der Waals surface area contributed by atoms with E-state index in [0.29, 0.717) is 22.0 Å². The number of fused-ring (bicyclic) bond motifs is 1. The van der Waals surface area contributed by atoms with Crippen LogP contribution in [0.1, 0.15) is 54.5 Å². The molecule has 2 atom stereocenters. The van der Waals surface area contributed by atoms with Crippen molar-refractivity contribution in [1.29, 1.82) is 0 Å². The summed E-state index contributed by atoms with van der Waals surface area (Å²) >= 11 is 1.20. The molecule has 0 bridgehead atoms. The summed E-state index contributed by atoms with van der Waals surface area (Å²) in [5, 5.41) is 7.89. The number of thiophene rings is 1. The minimum Gasteiger partial charge on any atom is -0.361 e. The van der Waals surface area contributed by atoms with Crippen molar-refractivity contribution in [1.82, 2.24) is 10.5 Å². The van der Waals surface area contributed by atoms with Crippen molar-refractivity contribution < 1.29 is 17.7 Å². The van der Waals surface area contributed by atoms with Gasteiger partial charge in [-0.2, -0.15) is 0 Å². The normalized spacial score (nSPS) is 22.5. The highest BCUT2D eigenvalue weighted by Crippen LogP contribution is 2.39. The van der Waals surface area contributed by atoms with Crippen LogP contribution in [0.4, 0.5) is 0 Å². The molecule has 0 aromatic carbocycles. The van der Waals surface area contributed by atoms with Crippen LogP contribution in [0.3, 0.4) is 0 Å². The first-order valence-corrected chi connectivity index (χ1v) is 9.93. The number of carbonyl (C=O) groups is 1. The third kappa shape index (κ3) is 2.92. The second-order valence-electron chi connectivity index (χ2n) is 5.71. The van der Waals surface area contributed by atoms with Crippen molar-refractivity contribution in [3.63, 3.8) is 0 Å². The smallest absolute Gasteiger partial charge is 0.273 e. The zero-order valence-electron chi connectivity index (χ0n) is 12.9. The van der Waals surface area contributed by atoms with Gasteiger partial charge < -0.3 is 9.84 Å². The van der Waals surface area contributed by atoms with Gasteiger partial charge in [0.05, 0.1) is 11.3 Å². The molecule has 124 valence electrons. The highest BCUT2D eigenvalue weighted by Gasteiger charge is 2.38. The molecule has 2 aromatic heterocycles. The van der Waals surface area contributed by atoms with E-state index in [4.69, 9.17) is 4.52 Å². The van der Waals surface area contributed by atoms with Crippen LogP contribution in [-0.4, -0.2) is 24.7 Å². The third-order valence-electron chi connectivity index (χ3n) is 3.98. The Labute approximate surface area is 138 Å². The molecule has 0 aliphatic carbocycles. The molecule has 3 heterocycles. The maximum atomic E-state index is 12.4. The Hall–Kier alpha value is -1.67. The summed E-state index contributed by atoms with van der Waals surface area (Å²) in [6.45, 7) is 3.69. The van der Waals surface area contributed by atoms with E-state index in [1.54, 1.807) is 24.4 Å². The number of hydrogen-bond acceptors (Lipinski definition) is 6. The molecule has 6 nitrogen and oxygen atoms in total. The first-order chi connectivity index (χ1) is 10.9. The Balaban J connectivity index is 1.81. The van der Waals surface area contributed by atoms with Gasteiger partial charge in [-0.05, 0) is 31.2 Å². The molecule has 2 aromatic rings. The van der Waals surface area contributed by atoms with Crippen LogP contribution in [0.2, 0.25) is 0 Å². The second-order valence-corrected chi connectivity index (χ2v) is 9.19. The summed E-state index contributed by atoms with van der Waals surface area (Å²) in [6.07, 6.45) is 2.00. The van der Waals surface area contributed by atoms with Gasteiger partial charge in [-0.1, -0.05) is 12.1 Å². The number of aromatic nitrogens is 1. The average Bonchev–Trinajstić information content (AvgIpc) is 3.14. The first-order valence-electron chi connectivity index (χ1n) is 7.51. The lowest BCUT2D eigenvalue weighted by Crippen LogP contribution is -2.36. The molecule has 0 saturated carbocycles. The molecule has 0 unspecified atom stereocenters. The van der Waals surface area contributed by atoms with Gasteiger partial charge in [-0.3, -0.25) is 4.79 Å². The van der Waals surface area contributed by atoms with Gasteiger partial charge in [0.25, 0.3) is 5.91 Å². The van der Waals surface area contributed by atoms with E-state index in [-0.39, 0.29) is 17.6 Å². The van der Waals surface area contributed by atoms with Crippen LogP contribution in [0, 0.1) is 0 Å². The zero-order valence-corrected chi connectivity index (χ0v) is 14.5. The minimum absolute atomic E-state index is 0.228. The molecule has 1 aliphatic rings. The number of rotatable bonds is 4. The fraction of sp³-hybridized carbons (Fsp3) is 0.467. The van der Waals surface area contributed by atoms with E-state index in [2.05, 4.69) is 10.5 Å². The monoisotopic (exact) mass is 354 g/mol. The summed E-state index contributed by atoms with van der Waals surface area (Å²) in [5.41, 5.74) is 0.894. The van der Waals surface area contributed by atoms with Crippen LogP contribution in [0.15, 0.2) is 26.2 Å². The topological polar surface area (TPSA) is 89.3 Å². The van der Waals surface area contributed by atoms with E-state index in [0.717, 1.165) is 12.8 Å². The lowest BCUT2D eigenvalue weighted by molar-refractivity contribution is 0.0924. The predicted octanol–water partition coefficient (Wildman–Crippen LogP) is 2.73. The van der Waals surface area contributed by atoms with Crippen LogP contribution in [-0.2, 0) is 16.3 Å². The van der Waals surface area contributed by atoms with Crippen molar-refractivity contribution in [3.05, 3.63) is 34.5 Å². The van der Waals surface area contributed by atoms with Crippen LogP contribution in [0.5, 0.6) is 0 Å². The van der Waals surface area contributed by atoms with Gasteiger partial charge >= 0.3 is 0 Å². The largest absolute Gasteiger partial charge is 0.361 e.